The van der Waals surface area contributed by atoms with Crippen LogP contribution in [0, 0.1) is 0 Å². The molecule has 0 aromatic rings. The number of rotatable bonds is 22. The molecular formula is C25H45N5O9. The van der Waals surface area contributed by atoms with Gasteiger partial charge < -0.3 is 41.9 Å². The number of carboxylic acid groups (broad SMARTS) is 1. The zero-order valence-corrected chi connectivity index (χ0v) is 22.9. The highest BCUT2D eigenvalue weighted by atomic mass is 16.5. The normalized spacial score (nSPS) is 12.2. The first-order chi connectivity index (χ1) is 18.5. The first-order valence-corrected chi connectivity index (χ1v) is 13.4. The number of aliphatic carboxylic acids is 1. The molecule has 0 aliphatic heterocycles. The predicted octanol–water partition coefficient (Wildman–Crippen LogP) is -0.969. The molecule has 2 unspecified atom stereocenters. The van der Waals surface area contributed by atoms with E-state index in [-0.39, 0.29) is 69.8 Å². The maximum absolute atomic E-state index is 12.1. The van der Waals surface area contributed by atoms with E-state index in [0.717, 1.165) is 19.3 Å². The van der Waals surface area contributed by atoms with Crippen molar-refractivity contribution in [2.24, 2.45) is 0 Å². The summed E-state index contributed by atoms with van der Waals surface area (Å²) < 4.78 is 0. The fourth-order valence-corrected chi connectivity index (χ4v) is 3.46. The van der Waals surface area contributed by atoms with Crippen molar-refractivity contribution in [3.63, 3.8) is 0 Å². The lowest BCUT2D eigenvalue weighted by Crippen LogP contribution is -2.43. The number of aliphatic hydroxyl groups is 2. The molecule has 0 fully saturated rings. The van der Waals surface area contributed by atoms with E-state index >= 15 is 0 Å². The molecule has 0 saturated heterocycles. The Morgan fingerprint density at radius 2 is 1.13 bits per heavy atom. The minimum Gasteiger partial charge on any atom is -0.480 e. The molecule has 2 atom stereocenters. The van der Waals surface area contributed by atoms with E-state index in [2.05, 4.69) is 33.5 Å². The minimum absolute atomic E-state index is 0.00585. The molecule has 0 aromatic carbocycles. The number of amides is 5. The third kappa shape index (κ3) is 20.4. The highest BCUT2D eigenvalue weighted by Crippen LogP contribution is 2.03. The van der Waals surface area contributed by atoms with Gasteiger partial charge in [-0.05, 0) is 32.1 Å². The molecule has 14 nitrogen and oxygen atoms in total. The average Bonchev–Trinajstić information content (AvgIpc) is 2.86. The number of nitrogens with one attached hydrogen (secondary N) is 5. The standard InChI is InChI=1S/C25H45N5O9/c1-3-4-5-14-26-20(32)8-6-15-27-22(34)13-11-19(25(38)39)30-23(35)9-7-16-28-21(33)12-10-18(24(36)37)29-17(2)31/h18-19,24,36-37H,3-16H2,1-2H3,(H,26,32)(H,27,34)(H,28,33)(H,29,31)(H,30,35)(H,38,39). The van der Waals surface area contributed by atoms with Gasteiger partial charge in [0.2, 0.25) is 29.5 Å². The molecule has 8 N–H and O–H groups in total. The Morgan fingerprint density at radius 1 is 0.641 bits per heavy atom. The minimum atomic E-state index is -1.81. The second-order valence-corrected chi connectivity index (χ2v) is 9.22. The summed E-state index contributed by atoms with van der Waals surface area (Å²) in [6.45, 7) is 4.34. The first-order valence-electron chi connectivity index (χ1n) is 13.4. The largest absolute Gasteiger partial charge is 0.480 e. The van der Waals surface area contributed by atoms with E-state index in [1.807, 2.05) is 0 Å². The van der Waals surface area contributed by atoms with Crippen LogP contribution >= 0.6 is 0 Å². The molecule has 0 aliphatic carbocycles. The smallest absolute Gasteiger partial charge is 0.326 e. The molecular weight excluding hydrogens is 514 g/mol. The highest BCUT2D eigenvalue weighted by molar-refractivity contribution is 5.84. The summed E-state index contributed by atoms with van der Waals surface area (Å²) in [6, 6.07) is -2.23. The van der Waals surface area contributed by atoms with E-state index in [1.54, 1.807) is 0 Å². The van der Waals surface area contributed by atoms with E-state index in [1.165, 1.54) is 6.92 Å². The van der Waals surface area contributed by atoms with Crippen LogP contribution in [0.2, 0.25) is 0 Å². The van der Waals surface area contributed by atoms with Crippen LogP contribution in [0.15, 0.2) is 0 Å². The zero-order valence-electron chi connectivity index (χ0n) is 22.9. The van der Waals surface area contributed by atoms with Gasteiger partial charge in [-0.25, -0.2) is 4.79 Å². The maximum atomic E-state index is 12.1. The topological polar surface area (TPSA) is 223 Å². The molecule has 0 spiro atoms. The van der Waals surface area contributed by atoms with Crippen LogP contribution in [-0.4, -0.2) is 88.8 Å². The predicted molar refractivity (Wildman–Crippen MR) is 141 cm³/mol. The van der Waals surface area contributed by atoms with Gasteiger partial charge in [-0.1, -0.05) is 19.8 Å². The van der Waals surface area contributed by atoms with Gasteiger partial charge in [0.05, 0.1) is 6.04 Å². The number of hydrogen-bond acceptors (Lipinski definition) is 8. The van der Waals surface area contributed by atoms with Gasteiger partial charge in [0.1, 0.15) is 6.04 Å². The maximum Gasteiger partial charge on any atom is 0.326 e. The molecule has 0 aliphatic rings. The summed E-state index contributed by atoms with van der Waals surface area (Å²) in [5, 5.41) is 40.5. The summed E-state index contributed by atoms with van der Waals surface area (Å²) in [5.41, 5.74) is 0. The number of aliphatic hydroxyl groups excluding tert-OH is 1. The van der Waals surface area contributed by atoms with Crippen molar-refractivity contribution >= 4 is 35.5 Å². The fourth-order valence-electron chi connectivity index (χ4n) is 3.46. The molecule has 224 valence electrons. The summed E-state index contributed by atoms with van der Waals surface area (Å²) in [7, 11) is 0. The molecule has 39 heavy (non-hydrogen) atoms. The second-order valence-electron chi connectivity index (χ2n) is 9.22. The van der Waals surface area contributed by atoms with Gasteiger partial charge in [-0.2, -0.15) is 0 Å². The molecule has 5 amide bonds. The Morgan fingerprint density at radius 3 is 1.62 bits per heavy atom. The summed E-state index contributed by atoms with van der Waals surface area (Å²) in [4.78, 5) is 70.2. The summed E-state index contributed by atoms with van der Waals surface area (Å²) in [6.07, 6.45) is 1.87. The number of carbonyl (C=O) groups excluding carboxylic acids is 5. The Hall–Kier alpha value is -3.26. The van der Waals surface area contributed by atoms with Crippen LogP contribution in [0.4, 0.5) is 0 Å². The van der Waals surface area contributed by atoms with E-state index in [0.29, 0.717) is 13.0 Å². The number of unbranched alkanes of at least 4 members (excludes halogenated alkanes) is 2. The van der Waals surface area contributed by atoms with Crippen LogP contribution in [0.25, 0.3) is 0 Å². The molecule has 0 saturated carbocycles. The molecule has 0 heterocycles. The van der Waals surface area contributed by atoms with Crippen molar-refractivity contribution in [2.45, 2.75) is 103 Å². The molecule has 0 aromatic heterocycles. The van der Waals surface area contributed by atoms with Crippen LogP contribution in [0.5, 0.6) is 0 Å². The first kappa shape index (κ1) is 35.7. The number of carboxylic acids is 1. The lowest BCUT2D eigenvalue weighted by Gasteiger charge is -2.19. The molecule has 0 rings (SSSR count). The van der Waals surface area contributed by atoms with Gasteiger partial charge >= 0.3 is 5.97 Å². The lowest BCUT2D eigenvalue weighted by atomic mass is 10.1. The third-order valence-corrected chi connectivity index (χ3v) is 5.63. The van der Waals surface area contributed by atoms with Crippen molar-refractivity contribution in [2.75, 3.05) is 19.6 Å². The Labute approximate surface area is 229 Å². The zero-order chi connectivity index (χ0) is 29.6. The second kappa shape index (κ2) is 21.6. The molecule has 0 radical (unpaired) electrons. The average molecular weight is 560 g/mol. The summed E-state index contributed by atoms with van der Waals surface area (Å²) in [5.74, 6) is -3.15. The van der Waals surface area contributed by atoms with Gasteiger partial charge in [-0.15, -0.1) is 0 Å². The van der Waals surface area contributed by atoms with Crippen LogP contribution in [0.3, 0.4) is 0 Å². The molecule has 0 bridgehead atoms. The van der Waals surface area contributed by atoms with Gasteiger partial charge in [0, 0.05) is 52.2 Å². The number of hydrogen-bond donors (Lipinski definition) is 8. The van der Waals surface area contributed by atoms with Gasteiger partial charge in [0.15, 0.2) is 6.29 Å². The van der Waals surface area contributed by atoms with Gasteiger partial charge in [-0.3, -0.25) is 24.0 Å². The van der Waals surface area contributed by atoms with Crippen molar-refractivity contribution in [1.29, 1.82) is 0 Å². The van der Waals surface area contributed by atoms with E-state index < -0.39 is 42.1 Å². The van der Waals surface area contributed by atoms with Gasteiger partial charge in [0.25, 0.3) is 0 Å². The van der Waals surface area contributed by atoms with Crippen molar-refractivity contribution in [1.82, 2.24) is 26.6 Å². The quantitative estimate of drug-likeness (QED) is 0.0602. The van der Waals surface area contributed by atoms with Crippen molar-refractivity contribution in [3.05, 3.63) is 0 Å². The fraction of sp³-hybridized carbons (Fsp3) is 0.760. The molecule has 14 heteroatoms. The van der Waals surface area contributed by atoms with Crippen LogP contribution in [-0.2, 0) is 28.8 Å². The van der Waals surface area contributed by atoms with E-state index in [9.17, 15) is 44.1 Å². The Bertz CT molecular complexity index is 792. The number of carbonyl (C=O) groups is 6. The van der Waals surface area contributed by atoms with E-state index in [4.69, 9.17) is 0 Å². The monoisotopic (exact) mass is 559 g/mol. The SMILES string of the molecule is CCCCCNC(=O)CCCNC(=O)CCC(NC(=O)CCCNC(=O)CCC(NC(C)=O)C(O)O)C(=O)O. The van der Waals surface area contributed by atoms with Crippen LogP contribution < -0.4 is 26.6 Å². The highest BCUT2D eigenvalue weighted by Gasteiger charge is 2.21. The lowest BCUT2D eigenvalue weighted by molar-refractivity contribution is -0.142. The Kier molecular flexibility index (Phi) is 19.8. The van der Waals surface area contributed by atoms with Crippen molar-refractivity contribution in [3.8, 4) is 0 Å². The van der Waals surface area contributed by atoms with Crippen LogP contribution in [0.1, 0.15) is 84.5 Å². The summed E-state index contributed by atoms with van der Waals surface area (Å²) >= 11 is 0. The Balaban J connectivity index is 4.13. The third-order valence-electron chi connectivity index (χ3n) is 5.63. The van der Waals surface area contributed by atoms with Crippen molar-refractivity contribution < 1.29 is 44.1 Å².